The second-order valence-corrected chi connectivity index (χ2v) is 7.71. The standard InChI is InChI=1S/C24H34N2O2.2ClH/c1-19(21-12-13-23(27-2)24(17-21)28-3)22-18-26(16-14-25-22)15-8-7-11-20-9-5-4-6-10-20;;/h4-6,9-10,12-13,17,19,22,25H,7-8,11,14-16,18H2,1-3H3;2*1H. The largest absolute Gasteiger partial charge is 0.493 e. The van der Waals surface area contributed by atoms with Gasteiger partial charge in [0.15, 0.2) is 11.5 Å². The number of hydrogen-bond acceptors (Lipinski definition) is 4. The van der Waals surface area contributed by atoms with Crippen LogP contribution in [0.15, 0.2) is 48.5 Å². The number of halogens is 2. The summed E-state index contributed by atoms with van der Waals surface area (Å²) in [6, 6.07) is 17.5. The van der Waals surface area contributed by atoms with E-state index in [0.29, 0.717) is 12.0 Å². The first-order valence-corrected chi connectivity index (χ1v) is 10.4. The maximum atomic E-state index is 5.48. The van der Waals surface area contributed by atoms with Crippen molar-refractivity contribution >= 4 is 24.8 Å². The van der Waals surface area contributed by atoms with E-state index in [4.69, 9.17) is 9.47 Å². The Morgan fingerprint density at radius 2 is 1.73 bits per heavy atom. The van der Waals surface area contributed by atoms with Crippen molar-refractivity contribution in [1.29, 1.82) is 0 Å². The molecule has 1 fully saturated rings. The highest BCUT2D eigenvalue weighted by Crippen LogP contribution is 2.32. The van der Waals surface area contributed by atoms with Gasteiger partial charge in [0.05, 0.1) is 14.2 Å². The lowest BCUT2D eigenvalue weighted by molar-refractivity contribution is 0.184. The SMILES string of the molecule is COc1ccc(C(C)C2CN(CCCCc3ccccc3)CCN2)cc1OC.Cl.Cl. The smallest absolute Gasteiger partial charge is 0.160 e. The highest BCUT2D eigenvalue weighted by molar-refractivity contribution is 5.85. The zero-order chi connectivity index (χ0) is 19.8. The molecule has 0 aromatic heterocycles. The van der Waals surface area contributed by atoms with Crippen LogP contribution in [0.1, 0.15) is 36.8 Å². The van der Waals surface area contributed by atoms with Crippen LogP contribution in [0.25, 0.3) is 0 Å². The number of rotatable bonds is 9. The van der Waals surface area contributed by atoms with Gasteiger partial charge in [-0.15, -0.1) is 24.8 Å². The van der Waals surface area contributed by atoms with Gasteiger partial charge in [0.2, 0.25) is 0 Å². The number of nitrogens with zero attached hydrogens (tertiary/aromatic N) is 1. The van der Waals surface area contributed by atoms with Crippen molar-refractivity contribution in [2.75, 3.05) is 40.4 Å². The fourth-order valence-electron chi connectivity index (χ4n) is 4.06. The molecule has 0 spiro atoms. The van der Waals surface area contributed by atoms with Gasteiger partial charge in [-0.3, -0.25) is 0 Å². The van der Waals surface area contributed by atoms with Gasteiger partial charge in [-0.25, -0.2) is 0 Å². The Labute approximate surface area is 194 Å². The third kappa shape index (κ3) is 7.35. The van der Waals surface area contributed by atoms with Crippen LogP contribution in [-0.2, 0) is 6.42 Å². The van der Waals surface area contributed by atoms with Crippen molar-refractivity contribution in [1.82, 2.24) is 10.2 Å². The van der Waals surface area contributed by atoms with Gasteiger partial charge in [0, 0.05) is 25.7 Å². The van der Waals surface area contributed by atoms with E-state index in [1.165, 1.54) is 36.9 Å². The molecule has 4 nitrogen and oxygen atoms in total. The van der Waals surface area contributed by atoms with E-state index < -0.39 is 0 Å². The fourth-order valence-corrected chi connectivity index (χ4v) is 4.06. The van der Waals surface area contributed by atoms with Crippen molar-refractivity contribution in [2.24, 2.45) is 0 Å². The maximum absolute atomic E-state index is 5.48. The summed E-state index contributed by atoms with van der Waals surface area (Å²) in [7, 11) is 3.38. The second-order valence-electron chi connectivity index (χ2n) is 7.71. The third-order valence-corrected chi connectivity index (χ3v) is 5.86. The molecule has 1 heterocycles. The third-order valence-electron chi connectivity index (χ3n) is 5.86. The molecule has 2 aromatic rings. The Bertz CT molecular complexity index is 730. The summed E-state index contributed by atoms with van der Waals surface area (Å²) in [5.74, 6) is 2.02. The van der Waals surface area contributed by atoms with Crippen molar-refractivity contribution in [2.45, 2.75) is 38.1 Å². The lowest BCUT2D eigenvalue weighted by Gasteiger charge is -2.37. The average molecular weight is 455 g/mol. The van der Waals surface area contributed by atoms with Crippen LogP contribution in [0.4, 0.5) is 0 Å². The molecule has 1 saturated heterocycles. The number of piperazine rings is 1. The van der Waals surface area contributed by atoms with Crippen LogP contribution in [0.5, 0.6) is 11.5 Å². The van der Waals surface area contributed by atoms with Crippen molar-refractivity contribution < 1.29 is 9.47 Å². The number of ether oxygens (including phenoxy) is 2. The molecule has 1 aliphatic rings. The van der Waals surface area contributed by atoms with Crippen LogP contribution in [0, 0.1) is 0 Å². The first-order valence-electron chi connectivity index (χ1n) is 10.4. The van der Waals surface area contributed by atoms with Gasteiger partial charge in [-0.2, -0.15) is 0 Å². The number of nitrogens with one attached hydrogen (secondary N) is 1. The summed E-state index contributed by atoms with van der Waals surface area (Å²) in [4.78, 5) is 2.61. The Balaban J connectivity index is 0.00000225. The molecular weight excluding hydrogens is 419 g/mol. The zero-order valence-corrected chi connectivity index (χ0v) is 19.9. The summed E-state index contributed by atoms with van der Waals surface area (Å²) in [6.45, 7) is 6.78. The van der Waals surface area contributed by atoms with Gasteiger partial charge in [-0.05, 0) is 55.0 Å². The van der Waals surface area contributed by atoms with E-state index in [2.05, 4.69) is 59.6 Å². The quantitative estimate of drug-likeness (QED) is 0.543. The molecule has 30 heavy (non-hydrogen) atoms. The molecule has 1 aliphatic heterocycles. The van der Waals surface area contributed by atoms with E-state index in [9.17, 15) is 0 Å². The van der Waals surface area contributed by atoms with E-state index in [1.54, 1.807) is 14.2 Å². The number of unbranched alkanes of at least 4 members (excludes halogenated alkanes) is 1. The molecule has 0 bridgehead atoms. The molecule has 2 aromatic carbocycles. The van der Waals surface area contributed by atoms with Crippen LogP contribution in [0.3, 0.4) is 0 Å². The molecule has 2 unspecified atom stereocenters. The topological polar surface area (TPSA) is 33.7 Å². The molecule has 6 heteroatoms. The Kier molecular flexibility index (Phi) is 12.2. The predicted molar refractivity (Wildman–Crippen MR) is 130 cm³/mol. The van der Waals surface area contributed by atoms with E-state index >= 15 is 0 Å². The Hall–Kier alpha value is -1.46. The summed E-state index contributed by atoms with van der Waals surface area (Å²) in [5.41, 5.74) is 2.74. The fraction of sp³-hybridized carbons (Fsp3) is 0.500. The molecule has 168 valence electrons. The van der Waals surface area contributed by atoms with E-state index in [-0.39, 0.29) is 24.8 Å². The highest BCUT2D eigenvalue weighted by Gasteiger charge is 2.25. The normalized spacial score (nSPS) is 17.4. The van der Waals surface area contributed by atoms with E-state index in [1.807, 2.05) is 6.07 Å². The Morgan fingerprint density at radius 1 is 1.00 bits per heavy atom. The molecule has 0 aliphatic carbocycles. The molecule has 1 N–H and O–H groups in total. The summed E-state index contributed by atoms with van der Waals surface area (Å²) in [5, 5.41) is 3.72. The number of hydrogen-bond donors (Lipinski definition) is 1. The number of benzene rings is 2. The first kappa shape index (κ1) is 26.6. The summed E-state index contributed by atoms with van der Waals surface area (Å²) < 4.78 is 10.9. The minimum atomic E-state index is 0. The van der Waals surface area contributed by atoms with Crippen LogP contribution >= 0.6 is 24.8 Å². The monoisotopic (exact) mass is 454 g/mol. The second kappa shape index (κ2) is 13.8. The predicted octanol–water partition coefficient (Wildman–Crippen LogP) is 4.95. The minimum absolute atomic E-state index is 0. The zero-order valence-electron chi connectivity index (χ0n) is 18.3. The van der Waals surface area contributed by atoms with Gasteiger partial charge in [0.25, 0.3) is 0 Å². The van der Waals surface area contributed by atoms with Crippen LogP contribution in [-0.4, -0.2) is 51.3 Å². The molecule has 3 rings (SSSR count). The molecule has 0 saturated carbocycles. The first-order chi connectivity index (χ1) is 13.7. The van der Waals surface area contributed by atoms with Crippen molar-refractivity contribution in [3.63, 3.8) is 0 Å². The molecule has 2 atom stereocenters. The van der Waals surface area contributed by atoms with Gasteiger partial charge < -0.3 is 19.7 Å². The Morgan fingerprint density at radius 3 is 2.43 bits per heavy atom. The van der Waals surface area contributed by atoms with Gasteiger partial charge in [-0.1, -0.05) is 43.3 Å². The average Bonchev–Trinajstić information content (AvgIpc) is 2.76. The van der Waals surface area contributed by atoms with Crippen LogP contribution in [0.2, 0.25) is 0 Å². The summed E-state index contributed by atoms with van der Waals surface area (Å²) >= 11 is 0. The molecule has 0 amide bonds. The number of methoxy groups -OCH3 is 2. The molecule has 0 radical (unpaired) electrons. The van der Waals surface area contributed by atoms with Gasteiger partial charge >= 0.3 is 0 Å². The van der Waals surface area contributed by atoms with Crippen molar-refractivity contribution in [3.8, 4) is 11.5 Å². The van der Waals surface area contributed by atoms with Crippen molar-refractivity contribution in [3.05, 3.63) is 59.7 Å². The summed E-state index contributed by atoms with van der Waals surface area (Å²) in [6.07, 6.45) is 3.69. The maximum Gasteiger partial charge on any atom is 0.160 e. The lowest BCUT2D eigenvalue weighted by atomic mass is 9.91. The van der Waals surface area contributed by atoms with Gasteiger partial charge in [0.1, 0.15) is 0 Å². The molecular formula is C24H36Cl2N2O2. The highest BCUT2D eigenvalue weighted by atomic mass is 35.5. The van der Waals surface area contributed by atoms with E-state index in [0.717, 1.165) is 31.1 Å². The van der Waals surface area contributed by atoms with Crippen LogP contribution < -0.4 is 14.8 Å². The minimum Gasteiger partial charge on any atom is -0.493 e. The number of aryl methyl sites for hydroxylation is 1. The lowest BCUT2D eigenvalue weighted by Crippen LogP contribution is -2.52.